The second kappa shape index (κ2) is 9.03. The van der Waals surface area contributed by atoms with Gasteiger partial charge in [0.25, 0.3) is 0 Å². The Labute approximate surface area is 176 Å². The first kappa shape index (κ1) is 20.0. The number of benzene rings is 2. The van der Waals surface area contributed by atoms with E-state index in [-0.39, 0.29) is 11.9 Å². The average Bonchev–Trinajstić information content (AvgIpc) is 2.75. The minimum absolute atomic E-state index is 0.00664. The summed E-state index contributed by atoms with van der Waals surface area (Å²) in [6, 6.07) is 13.3. The van der Waals surface area contributed by atoms with Crippen LogP contribution in [0.2, 0.25) is 5.02 Å². The summed E-state index contributed by atoms with van der Waals surface area (Å²) in [6.07, 6.45) is 0. The third-order valence-electron chi connectivity index (χ3n) is 5.46. The molecule has 2 aliphatic heterocycles. The number of hydrogen-bond acceptors (Lipinski definition) is 5. The van der Waals surface area contributed by atoms with Crippen LogP contribution in [0.5, 0.6) is 11.5 Å². The second-order valence-corrected chi connectivity index (χ2v) is 7.90. The highest BCUT2D eigenvalue weighted by molar-refractivity contribution is 6.30. The normalized spacial score (nSPS) is 18.3. The predicted octanol–water partition coefficient (Wildman–Crippen LogP) is 3.26. The summed E-state index contributed by atoms with van der Waals surface area (Å²) in [5.41, 5.74) is 1.99. The molecule has 2 heterocycles. The van der Waals surface area contributed by atoms with E-state index in [1.807, 2.05) is 37.3 Å². The van der Waals surface area contributed by atoms with E-state index in [9.17, 15) is 4.79 Å². The molecule has 4 rings (SSSR count). The van der Waals surface area contributed by atoms with Gasteiger partial charge in [0.05, 0.1) is 6.04 Å². The van der Waals surface area contributed by atoms with Gasteiger partial charge in [-0.3, -0.25) is 14.6 Å². The maximum atomic E-state index is 12.7. The molecule has 1 N–H and O–H groups in total. The van der Waals surface area contributed by atoms with Gasteiger partial charge in [0, 0.05) is 49.5 Å². The fourth-order valence-corrected chi connectivity index (χ4v) is 3.82. The zero-order valence-electron chi connectivity index (χ0n) is 16.6. The van der Waals surface area contributed by atoms with E-state index in [0.29, 0.717) is 19.0 Å². The van der Waals surface area contributed by atoms with Crippen LogP contribution in [0.1, 0.15) is 12.5 Å². The number of hydrogen-bond donors (Lipinski definition) is 1. The monoisotopic (exact) mass is 415 g/mol. The molecule has 2 aromatic carbocycles. The molecule has 6 nitrogen and oxygen atoms in total. The van der Waals surface area contributed by atoms with Crippen LogP contribution in [0.15, 0.2) is 42.5 Å². The van der Waals surface area contributed by atoms with E-state index < -0.39 is 0 Å². The van der Waals surface area contributed by atoms with Gasteiger partial charge in [0.1, 0.15) is 13.2 Å². The van der Waals surface area contributed by atoms with Crippen LogP contribution in [0.4, 0.5) is 5.69 Å². The topological polar surface area (TPSA) is 54.0 Å². The first-order valence-electron chi connectivity index (χ1n) is 10.00. The highest BCUT2D eigenvalue weighted by Crippen LogP contribution is 2.32. The Hall–Kier alpha value is -2.28. The molecule has 0 unspecified atom stereocenters. The zero-order chi connectivity index (χ0) is 20.2. The molecule has 154 valence electrons. The van der Waals surface area contributed by atoms with E-state index in [1.165, 1.54) is 5.56 Å². The molecule has 7 heteroatoms. The highest BCUT2D eigenvalue weighted by Gasteiger charge is 2.26. The quantitative estimate of drug-likeness (QED) is 0.812. The molecule has 2 aromatic rings. The lowest BCUT2D eigenvalue weighted by Gasteiger charge is -2.37. The number of anilines is 1. The molecule has 29 heavy (non-hydrogen) atoms. The first-order chi connectivity index (χ1) is 14.1. The number of piperazine rings is 1. The van der Waals surface area contributed by atoms with Crippen molar-refractivity contribution in [3.05, 3.63) is 53.1 Å². The van der Waals surface area contributed by atoms with Gasteiger partial charge in [-0.25, -0.2) is 0 Å². The Balaban J connectivity index is 1.28. The van der Waals surface area contributed by atoms with Gasteiger partial charge in [0.2, 0.25) is 5.91 Å². The number of ether oxygens (including phenoxy) is 2. The predicted molar refractivity (Wildman–Crippen MR) is 114 cm³/mol. The third kappa shape index (κ3) is 5.01. The van der Waals surface area contributed by atoms with Crippen molar-refractivity contribution in [2.45, 2.75) is 19.5 Å². The minimum Gasteiger partial charge on any atom is -0.486 e. The van der Waals surface area contributed by atoms with Crippen LogP contribution < -0.4 is 14.8 Å². The summed E-state index contributed by atoms with van der Waals surface area (Å²) >= 11 is 5.96. The fraction of sp³-hybridized carbons (Fsp3) is 0.409. The maximum absolute atomic E-state index is 12.7. The SMILES string of the molecule is C[C@@H](C(=O)Nc1ccc2c(c1)OCCO2)N1CCN(Cc2ccc(Cl)cc2)CC1. The van der Waals surface area contributed by atoms with E-state index in [0.717, 1.165) is 49.2 Å². The number of nitrogens with zero attached hydrogens (tertiary/aromatic N) is 2. The Morgan fingerprint density at radius 3 is 2.45 bits per heavy atom. The number of fused-ring (bicyclic) bond motifs is 1. The maximum Gasteiger partial charge on any atom is 0.241 e. The second-order valence-electron chi connectivity index (χ2n) is 7.46. The molecule has 0 bridgehead atoms. The van der Waals surface area contributed by atoms with Crippen LogP contribution >= 0.6 is 11.6 Å². The lowest BCUT2D eigenvalue weighted by Crippen LogP contribution is -2.52. The van der Waals surface area contributed by atoms with E-state index in [4.69, 9.17) is 21.1 Å². The third-order valence-corrected chi connectivity index (χ3v) is 5.72. The van der Waals surface area contributed by atoms with Crippen molar-refractivity contribution < 1.29 is 14.3 Å². The van der Waals surface area contributed by atoms with Crippen molar-refractivity contribution in [2.24, 2.45) is 0 Å². The fourth-order valence-electron chi connectivity index (χ4n) is 3.69. The Kier molecular flexibility index (Phi) is 6.23. The average molecular weight is 416 g/mol. The largest absolute Gasteiger partial charge is 0.486 e. The van der Waals surface area contributed by atoms with Gasteiger partial charge >= 0.3 is 0 Å². The zero-order valence-corrected chi connectivity index (χ0v) is 17.3. The number of carbonyl (C=O) groups is 1. The van der Waals surface area contributed by atoms with Crippen LogP contribution in [-0.4, -0.2) is 61.1 Å². The van der Waals surface area contributed by atoms with Crippen molar-refractivity contribution in [1.82, 2.24) is 9.80 Å². The standard InChI is InChI=1S/C22H26ClN3O3/c1-16(22(27)24-19-6-7-20-21(14-19)29-13-12-28-20)26-10-8-25(9-11-26)15-17-2-4-18(23)5-3-17/h2-7,14,16H,8-13,15H2,1H3,(H,24,27)/t16-/m0/s1. The van der Waals surface area contributed by atoms with E-state index in [1.54, 1.807) is 0 Å². The van der Waals surface area contributed by atoms with Crippen molar-refractivity contribution in [2.75, 3.05) is 44.7 Å². The molecular weight excluding hydrogens is 390 g/mol. The number of amides is 1. The van der Waals surface area contributed by atoms with Gasteiger partial charge < -0.3 is 14.8 Å². The van der Waals surface area contributed by atoms with Crippen molar-refractivity contribution in [1.29, 1.82) is 0 Å². The molecule has 1 saturated heterocycles. The van der Waals surface area contributed by atoms with Crippen LogP contribution in [0.25, 0.3) is 0 Å². The molecule has 1 amide bonds. The van der Waals surface area contributed by atoms with Gasteiger partial charge in [-0.2, -0.15) is 0 Å². The highest BCUT2D eigenvalue weighted by atomic mass is 35.5. The number of carbonyl (C=O) groups excluding carboxylic acids is 1. The Bertz CT molecular complexity index is 851. The van der Waals surface area contributed by atoms with Gasteiger partial charge in [-0.1, -0.05) is 23.7 Å². The summed E-state index contributed by atoms with van der Waals surface area (Å²) in [5, 5.41) is 3.76. The van der Waals surface area contributed by atoms with Gasteiger partial charge in [-0.15, -0.1) is 0 Å². The van der Waals surface area contributed by atoms with Crippen molar-refractivity contribution in [3.8, 4) is 11.5 Å². The molecule has 2 aliphatic rings. The number of halogens is 1. The van der Waals surface area contributed by atoms with E-state index >= 15 is 0 Å². The molecule has 0 aromatic heterocycles. The summed E-state index contributed by atoms with van der Waals surface area (Å²) < 4.78 is 11.1. The summed E-state index contributed by atoms with van der Waals surface area (Å²) in [4.78, 5) is 17.4. The Morgan fingerprint density at radius 1 is 1.03 bits per heavy atom. The lowest BCUT2D eigenvalue weighted by molar-refractivity contribution is -0.121. The summed E-state index contributed by atoms with van der Waals surface area (Å²) in [6.45, 7) is 7.55. The van der Waals surface area contributed by atoms with Gasteiger partial charge in [0.15, 0.2) is 11.5 Å². The van der Waals surface area contributed by atoms with Gasteiger partial charge in [-0.05, 0) is 36.8 Å². The van der Waals surface area contributed by atoms with Crippen LogP contribution in [0.3, 0.4) is 0 Å². The molecule has 0 aliphatic carbocycles. The number of nitrogens with one attached hydrogen (secondary N) is 1. The van der Waals surface area contributed by atoms with Crippen LogP contribution in [0, 0.1) is 0 Å². The first-order valence-corrected chi connectivity index (χ1v) is 10.4. The summed E-state index contributed by atoms with van der Waals surface area (Å²) in [5.74, 6) is 1.39. The molecule has 0 radical (unpaired) electrons. The van der Waals surface area contributed by atoms with Crippen LogP contribution in [-0.2, 0) is 11.3 Å². The Morgan fingerprint density at radius 2 is 1.72 bits per heavy atom. The molecule has 1 atom stereocenters. The smallest absolute Gasteiger partial charge is 0.241 e. The molecule has 0 saturated carbocycles. The minimum atomic E-state index is -0.194. The van der Waals surface area contributed by atoms with Crippen molar-refractivity contribution >= 4 is 23.2 Å². The number of rotatable bonds is 5. The van der Waals surface area contributed by atoms with Crippen molar-refractivity contribution in [3.63, 3.8) is 0 Å². The summed E-state index contributed by atoms with van der Waals surface area (Å²) in [7, 11) is 0. The lowest BCUT2D eigenvalue weighted by atomic mass is 10.1. The molecule has 0 spiro atoms. The molecule has 1 fully saturated rings. The van der Waals surface area contributed by atoms with E-state index in [2.05, 4.69) is 27.2 Å². The molecular formula is C22H26ClN3O3.